The summed E-state index contributed by atoms with van der Waals surface area (Å²) in [4.78, 5) is 5.17. The van der Waals surface area contributed by atoms with Crippen LogP contribution in [0.4, 0.5) is 0 Å². The summed E-state index contributed by atoms with van der Waals surface area (Å²) < 4.78 is 8.46. The van der Waals surface area contributed by atoms with E-state index in [1.54, 1.807) is 0 Å². The van der Waals surface area contributed by atoms with Crippen molar-refractivity contribution in [2.24, 2.45) is 0 Å². The van der Waals surface area contributed by atoms with Crippen molar-refractivity contribution < 1.29 is 4.74 Å². The number of aryl methyl sites for hydroxylation is 1. The molecule has 0 aliphatic carbocycles. The Hall–Kier alpha value is -2.13. The zero-order chi connectivity index (χ0) is 19.2. The van der Waals surface area contributed by atoms with Gasteiger partial charge >= 0.3 is 0 Å². The Balaban J connectivity index is 1.15. The summed E-state index contributed by atoms with van der Waals surface area (Å²) in [5.41, 5.74) is 2.07. The molecule has 2 saturated heterocycles. The molecule has 2 aliphatic heterocycles. The second-order valence-corrected chi connectivity index (χ2v) is 8.09. The Morgan fingerprint density at radius 3 is 2.14 bits per heavy atom. The minimum absolute atomic E-state index is 0.357. The van der Waals surface area contributed by atoms with Gasteiger partial charge in [0.05, 0.1) is 23.8 Å². The maximum absolute atomic E-state index is 8.87. The van der Waals surface area contributed by atoms with Crippen molar-refractivity contribution in [3.8, 4) is 6.07 Å². The van der Waals surface area contributed by atoms with Gasteiger partial charge in [0.15, 0.2) is 0 Å². The summed E-state index contributed by atoms with van der Waals surface area (Å²) >= 11 is 0. The molecule has 3 heterocycles. The van der Waals surface area contributed by atoms with Gasteiger partial charge in [-0.2, -0.15) is 5.26 Å². The third-order valence-electron chi connectivity index (χ3n) is 5.85. The van der Waals surface area contributed by atoms with E-state index >= 15 is 0 Å². The second-order valence-electron chi connectivity index (χ2n) is 8.09. The Labute approximate surface area is 168 Å². The zero-order valence-electron chi connectivity index (χ0n) is 16.5. The molecule has 2 aliphatic rings. The van der Waals surface area contributed by atoms with Gasteiger partial charge in [0.2, 0.25) is 0 Å². The van der Waals surface area contributed by atoms with Crippen LogP contribution in [0.5, 0.6) is 0 Å². The Bertz CT molecular complexity index is 751. The van der Waals surface area contributed by atoms with E-state index in [4.69, 9.17) is 10.00 Å². The van der Waals surface area contributed by atoms with Crippen LogP contribution in [0.3, 0.4) is 0 Å². The first-order valence-electron chi connectivity index (χ1n) is 10.5. The molecule has 2 unspecified atom stereocenters. The van der Waals surface area contributed by atoms with Gasteiger partial charge < -0.3 is 9.30 Å². The highest BCUT2D eigenvalue weighted by Crippen LogP contribution is 2.20. The van der Waals surface area contributed by atoms with Crippen molar-refractivity contribution >= 4 is 0 Å². The minimum Gasteiger partial charge on any atom is -0.370 e. The number of nitriles is 1. The standard InChI is InChI=1S/C23H30N4O/c24-15-21-8-6-20(7-9-21)5-1-2-12-26-16-22-18-27(19-23(17-26)28-22)14-13-25-10-3-4-11-25/h3-4,6-11,22-23H,1-2,5,12-14,16-19H2. The van der Waals surface area contributed by atoms with Crippen LogP contribution in [0.25, 0.3) is 0 Å². The zero-order valence-corrected chi connectivity index (χ0v) is 16.5. The summed E-state index contributed by atoms with van der Waals surface area (Å²) in [6.45, 7) is 7.57. The molecule has 5 nitrogen and oxygen atoms in total. The van der Waals surface area contributed by atoms with Gasteiger partial charge in [-0.1, -0.05) is 12.1 Å². The predicted molar refractivity (Wildman–Crippen MR) is 110 cm³/mol. The number of hydrogen-bond acceptors (Lipinski definition) is 4. The molecule has 1 aromatic carbocycles. The van der Waals surface area contributed by atoms with Crippen molar-refractivity contribution in [2.45, 2.75) is 38.0 Å². The molecular weight excluding hydrogens is 348 g/mol. The van der Waals surface area contributed by atoms with E-state index in [9.17, 15) is 0 Å². The van der Waals surface area contributed by atoms with E-state index in [-0.39, 0.29) is 0 Å². The lowest BCUT2D eigenvalue weighted by molar-refractivity contribution is -0.138. The molecule has 0 saturated carbocycles. The summed E-state index contributed by atoms with van der Waals surface area (Å²) in [5.74, 6) is 0. The van der Waals surface area contributed by atoms with E-state index in [2.05, 4.69) is 57.1 Å². The number of ether oxygens (including phenoxy) is 1. The van der Waals surface area contributed by atoms with Gasteiger partial charge in [-0.25, -0.2) is 0 Å². The monoisotopic (exact) mass is 378 g/mol. The summed E-state index contributed by atoms with van der Waals surface area (Å²) in [7, 11) is 0. The van der Waals surface area contributed by atoms with Gasteiger partial charge in [0.25, 0.3) is 0 Å². The molecule has 0 radical (unpaired) electrons. The van der Waals surface area contributed by atoms with Crippen LogP contribution in [0.15, 0.2) is 48.8 Å². The summed E-state index contributed by atoms with van der Waals surface area (Å²) in [5, 5.41) is 8.87. The fourth-order valence-electron chi connectivity index (χ4n) is 4.41. The van der Waals surface area contributed by atoms with Crippen LogP contribution in [0.2, 0.25) is 0 Å². The normalized spacial score (nSPS) is 22.8. The lowest BCUT2D eigenvalue weighted by Gasteiger charge is -2.46. The lowest BCUT2D eigenvalue weighted by atomic mass is 10.1. The minimum atomic E-state index is 0.357. The maximum Gasteiger partial charge on any atom is 0.0991 e. The maximum atomic E-state index is 8.87. The SMILES string of the molecule is N#Cc1ccc(CCCCN2CC3CN(CCn4cccc4)CC(C2)O3)cc1. The molecule has 2 bridgehead atoms. The number of unbranched alkanes of at least 4 members (excludes halogenated alkanes) is 1. The molecule has 5 heteroatoms. The van der Waals surface area contributed by atoms with E-state index in [0.29, 0.717) is 12.2 Å². The average Bonchev–Trinajstić information content (AvgIpc) is 3.23. The molecule has 148 valence electrons. The highest BCUT2D eigenvalue weighted by Gasteiger charge is 2.34. The van der Waals surface area contributed by atoms with Crippen LogP contribution < -0.4 is 0 Å². The van der Waals surface area contributed by atoms with E-state index in [1.165, 1.54) is 18.4 Å². The smallest absolute Gasteiger partial charge is 0.0991 e. The Morgan fingerprint density at radius 1 is 0.857 bits per heavy atom. The van der Waals surface area contributed by atoms with Gasteiger partial charge in [-0.15, -0.1) is 0 Å². The Morgan fingerprint density at radius 2 is 1.50 bits per heavy atom. The number of fused-ring (bicyclic) bond motifs is 2. The first-order chi connectivity index (χ1) is 13.8. The largest absolute Gasteiger partial charge is 0.370 e. The topological polar surface area (TPSA) is 44.4 Å². The molecule has 0 amide bonds. The van der Waals surface area contributed by atoms with E-state index in [0.717, 1.165) is 57.8 Å². The van der Waals surface area contributed by atoms with E-state index in [1.807, 2.05) is 12.1 Å². The molecule has 2 fully saturated rings. The molecule has 28 heavy (non-hydrogen) atoms. The predicted octanol–water partition coefficient (Wildman–Crippen LogP) is 2.77. The number of hydrogen-bond donors (Lipinski definition) is 0. The number of rotatable bonds is 8. The van der Waals surface area contributed by atoms with Gasteiger partial charge in [0, 0.05) is 51.7 Å². The summed E-state index contributed by atoms with van der Waals surface area (Å²) in [6, 6.07) is 14.4. The number of benzene rings is 1. The van der Waals surface area contributed by atoms with Crippen molar-refractivity contribution in [1.82, 2.24) is 14.4 Å². The van der Waals surface area contributed by atoms with Crippen molar-refractivity contribution in [2.75, 3.05) is 39.3 Å². The number of nitrogens with zero attached hydrogens (tertiary/aromatic N) is 4. The first-order valence-corrected chi connectivity index (χ1v) is 10.5. The third kappa shape index (κ3) is 5.23. The Kier molecular flexibility index (Phi) is 6.43. The molecule has 0 spiro atoms. The van der Waals surface area contributed by atoms with Crippen molar-refractivity contribution in [3.63, 3.8) is 0 Å². The molecule has 4 rings (SSSR count). The van der Waals surface area contributed by atoms with Crippen LogP contribution >= 0.6 is 0 Å². The van der Waals surface area contributed by atoms with E-state index < -0.39 is 0 Å². The van der Waals surface area contributed by atoms with Gasteiger partial charge in [-0.3, -0.25) is 9.80 Å². The average molecular weight is 379 g/mol. The highest BCUT2D eigenvalue weighted by atomic mass is 16.5. The van der Waals surface area contributed by atoms with Crippen molar-refractivity contribution in [1.29, 1.82) is 5.26 Å². The molecule has 2 aromatic rings. The number of aromatic nitrogens is 1. The first kappa shape index (κ1) is 19.2. The molecule has 2 atom stereocenters. The highest BCUT2D eigenvalue weighted by molar-refractivity contribution is 5.31. The lowest BCUT2D eigenvalue weighted by Crippen LogP contribution is -2.59. The fourth-order valence-corrected chi connectivity index (χ4v) is 4.41. The van der Waals surface area contributed by atoms with Crippen LogP contribution in [0.1, 0.15) is 24.0 Å². The number of morpholine rings is 2. The van der Waals surface area contributed by atoms with Crippen LogP contribution in [-0.2, 0) is 17.7 Å². The van der Waals surface area contributed by atoms with Crippen LogP contribution in [0, 0.1) is 11.3 Å². The summed E-state index contributed by atoms with van der Waals surface area (Å²) in [6.07, 6.45) is 8.50. The van der Waals surface area contributed by atoms with Gasteiger partial charge in [-0.05, 0) is 55.6 Å². The van der Waals surface area contributed by atoms with Gasteiger partial charge in [0.1, 0.15) is 0 Å². The fraction of sp³-hybridized carbons (Fsp3) is 0.522. The second kappa shape index (κ2) is 9.38. The molecular formula is C23H30N4O. The quantitative estimate of drug-likeness (QED) is 0.663. The van der Waals surface area contributed by atoms with Crippen molar-refractivity contribution in [3.05, 3.63) is 59.9 Å². The molecule has 0 N–H and O–H groups in total. The molecule has 1 aromatic heterocycles. The third-order valence-corrected chi connectivity index (χ3v) is 5.85. The van der Waals surface area contributed by atoms with Crippen LogP contribution in [-0.4, -0.2) is 65.8 Å².